The van der Waals surface area contributed by atoms with Gasteiger partial charge in [0.25, 0.3) is 5.91 Å². The molecule has 3 rings (SSSR count). The van der Waals surface area contributed by atoms with Gasteiger partial charge in [-0.3, -0.25) is 9.69 Å². The maximum Gasteiger partial charge on any atom is 0.266 e. The Balaban J connectivity index is 1.87. The van der Waals surface area contributed by atoms with Crippen LogP contribution in [0.3, 0.4) is 0 Å². The van der Waals surface area contributed by atoms with E-state index in [4.69, 9.17) is 31.2 Å². The lowest BCUT2D eigenvalue weighted by atomic mass is 10.1. The maximum absolute atomic E-state index is 12.8. The lowest BCUT2D eigenvalue weighted by molar-refractivity contribution is -0.123. The van der Waals surface area contributed by atoms with Crippen molar-refractivity contribution in [2.24, 2.45) is 0 Å². The number of benzene rings is 1. The first-order valence-corrected chi connectivity index (χ1v) is 9.46. The molecule has 2 aliphatic heterocycles. The van der Waals surface area contributed by atoms with Crippen molar-refractivity contribution in [2.75, 3.05) is 34.5 Å². The van der Waals surface area contributed by atoms with Gasteiger partial charge in [0.15, 0.2) is 11.5 Å². The molecule has 1 amide bonds. The van der Waals surface area contributed by atoms with E-state index in [-0.39, 0.29) is 12.0 Å². The van der Waals surface area contributed by atoms with Crippen LogP contribution in [0.4, 0.5) is 0 Å². The van der Waals surface area contributed by atoms with E-state index < -0.39 is 0 Å². The minimum atomic E-state index is -0.104. The van der Waals surface area contributed by atoms with Crippen molar-refractivity contribution in [3.8, 4) is 17.2 Å². The molecule has 0 bridgehead atoms. The molecule has 2 heterocycles. The van der Waals surface area contributed by atoms with Crippen molar-refractivity contribution in [1.29, 1.82) is 0 Å². The molecule has 1 atom stereocenters. The zero-order valence-corrected chi connectivity index (χ0v) is 16.6. The number of carbonyl (C=O) groups excluding carboxylic acids is 1. The number of carbonyl (C=O) groups is 1. The largest absolute Gasteiger partial charge is 0.496 e. The van der Waals surface area contributed by atoms with Crippen LogP contribution in [0.25, 0.3) is 6.08 Å². The van der Waals surface area contributed by atoms with E-state index in [0.29, 0.717) is 33.0 Å². The van der Waals surface area contributed by atoms with Crippen LogP contribution < -0.4 is 14.2 Å². The number of hydrogen-bond acceptors (Lipinski definition) is 7. The summed E-state index contributed by atoms with van der Waals surface area (Å²) in [6, 6.07) is 3.52. The second-order valence-corrected chi connectivity index (χ2v) is 7.55. The highest BCUT2D eigenvalue weighted by atomic mass is 32.2. The number of thiocarbonyl (C=S) groups is 1. The summed E-state index contributed by atoms with van der Waals surface area (Å²) in [7, 11) is 4.70. The molecule has 0 spiro atoms. The quantitative estimate of drug-likeness (QED) is 0.542. The molecule has 0 aromatic heterocycles. The van der Waals surface area contributed by atoms with Gasteiger partial charge >= 0.3 is 0 Å². The fourth-order valence-corrected chi connectivity index (χ4v) is 4.22. The van der Waals surface area contributed by atoms with Crippen LogP contribution >= 0.6 is 24.0 Å². The van der Waals surface area contributed by atoms with Crippen molar-refractivity contribution in [1.82, 2.24) is 4.90 Å². The van der Waals surface area contributed by atoms with Gasteiger partial charge in [0.05, 0.1) is 38.9 Å². The average molecular weight is 396 g/mol. The fraction of sp³-hybridized carbons (Fsp3) is 0.444. The number of thioether (sulfide) groups is 1. The van der Waals surface area contributed by atoms with Crippen molar-refractivity contribution in [2.45, 2.75) is 18.9 Å². The normalized spacial score (nSPS) is 21.6. The molecular weight excluding hydrogens is 374 g/mol. The SMILES string of the molecule is COc1cc(OC)c(OC)cc1/C=C1/SC(=S)N(C[C@H]2CCCO2)C1=O. The van der Waals surface area contributed by atoms with Gasteiger partial charge in [-0.2, -0.15) is 0 Å². The zero-order chi connectivity index (χ0) is 18.7. The van der Waals surface area contributed by atoms with Crippen LogP contribution in [0.15, 0.2) is 17.0 Å². The zero-order valence-electron chi connectivity index (χ0n) is 14.9. The van der Waals surface area contributed by atoms with Crippen molar-refractivity contribution < 1.29 is 23.7 Å². The summed E-state index contributed by atoms with van der Waals surface area (Å²) in [5.74, 6) is 1.61. The van der Waals surface area contributed by atoms with Crippen LogP contribution in [0, 0.1) is 0 Å². The predicted octanol–water partition coefficient (Wildman–Crippen LogP) is 3.09. The Morgan fingerprint density at radius 2 is 1.92 bits per heavy atom. The van der Waals surface area contributed by atoms with Gasteiger partial charge in [-0.1, -0.05) is 24.0 Å². The average Bonchev–Trinajstić information content (AvgIpc) is 3.25. The first kappa shape index (κ1) is 19.0. The lowest BCUT2D eigenvalue weighted by Crippen LogP contribution is -2.35. The van der Waals surface area contributed by atoms with Gasteiger partial charge in [-0.25, -0.2) is 0 Å². The van der Waals surface area contributed by atoms with Crippen LogP contribution in [-0.4, -0.2) is 55.7 Å². The lowest BCUT2D eigenvalue weighted by Gasteiger charge is -2.18. The van der Waals surface area contributed by atoms with Crippen LogP contribution in [0.2, 0.25) is 0 Å². The second-order valence-electron chi connectivity index (χ2n) is 5.88. The molecule has 8 heteroatoms. The Morgan fingerprint density at radius 1 is 1.23 bits per heavy atom. The van der Waals surface area contributed by atoms with E-state index in [0.717, 1.165) is 25.0 Å². The van der Waals surface area contributed by atoms with E-state index >= 15 is 0 Å². The topological polar surface area (TPSA) is 57.2 Å². The molecule has 2 fully saturated rings. The van der Waals surface area contributed by atoms with E-state index in [1.54, 1.807) is 44.4 Å². The van der Waals surface area contributed by atoms with E-state index in [1.165, 1.54) is 11.8 Å². The van der Waals surface area contributed by atoms with Gasteiger partial charge in [0.2, 0.25) is 0 Å². The number of ether oxygens (including phenoxy) is 4. The highest BCUT2D eigenvalue weighted by Gasteiger charge is 2.34. The van der Waals surface area contributed by atoms with E-state index in [1.807, 2.05) is 0 Å². The Bertz CT molecular complexity index is 743. The van der Waals surface area contributed by atoms with Crippen molar-refractivity contribution >= 4 is 40.3 Å². The highest BCUT2D eigenvalue weighted by molar-refractivity contribution is 8.26. The third-order valence-electron chi connectivity index (χ3n) is 4.31. The van der Waals surface area contributed by atoms with Gasteiger partial charge in [-0.05, 0) is 25.0 Å². The van der Waals surface area contributed by atoms with E-state index in [9.17, 15) is 4.79 Å². The maximum atomic E-state index is 12.8. The molecule has 2 aliphatic rings. The summed E-state index contributed by atoms with van der Waals surface area (Å²) in [6.07, 6.45) is 3.82. The first-order valence-electron chi connectivity index (χ1n) is 8.24. The van der Waals surface area contributed by atoms with Gasteiger partial charge in [0, 0.05) is 18.2 Å². The molecule has 0 unspecified atom stereocenters. The highest BCUT2D eigenvalue weighted by Crippen LogP contribution is 2.39. The summed E-state index contributed by atoms with van der Waals surface area (Å²) < 4.78 is 22.2. The van der Waals surface area contributed by atoms with E-state index in [2.05, 4.69) is 0 Å². The minimum Gasteiger partial charge on any atom is -0.496 e. The smallest absolute Gasteiger partial charge is 0.266 e. The Morgan fingerprint density at radius 3 is 2.54 bits per heavy atom. The van der Waals surface area contributed by atoms with Gasteiger partial charge in [-0.15, -0.1) is 0 Å². The molecule has 6 nitrogen and oxygen atoms in total. The molecule has 1 aromatic carbocycles. The summed E-state index contributed by atoms with van der Waals surface area (Å²) in [4.78, 5) is 15.0. The summed E-state index contributed by atoms with van der Waals surface area (Å²) in [5, 5.41) is 0. The van der Waals surface area contributed by atoms with Crippen LogP contribution in [-0.2, 0) is 9.53 Å². The monoisotopic (exact) mass is 395 g/mol. The third kappa shape index (κ3) is 3.82. The van der Waals surface area contributed by atoms with Crippen molar-refractivity contribution in [3.63, 3.8) is 0 Å². The first-order chi connectivity index (χ1) is 12.6. The van der Waals surface area contributed by atoms with Crippen molar-refractivity contribution in [3.05, 3.63) is 22.6 Å². The fourth-order valence-electron chi connectivity index (χ4n) is 2.96. The Hall–Kier alpha value is -1.77. The summed E-state index contributed by atoms with van der Waals surface area (Å²) >= 11 is 6.68. The Labute approximate surface area is 162 Å². The molecule has 2 saturated heterocycles. The number of amides is 1. The number of nitrogens with zero attached hydrogens (tertiary/aromatic N) is 1. The molecular formula is C18H21NO5S2. The number of rotatable bonds is 6. The number of hydrogen-bond donors (Lipinski definition) is 0. The molecule has 1 aromatic rings. The minimum absolute atomic E-state index is 0.0625. The molecule has 0 N–H and O–H groups in total. The molecule has 26 heavy (non-hydrogen) atoms. The van der Waals surface area contributed by atoms with Gasteiger partial charge < -0.3 is 18.9 Å². The molecule has 0 radical (unpaired) electrons. The molecule has 0 saturated carbocycles. The second kappa shape index (κ2) is 8.28. The van der Waals surface area contributed by atoms with Crippen LogP contribution in [0.5, 0.6) is 17.2 Å². The van der Waals surface area contributed by atoms with Crippen LogP contribution in [0.1, 0.15) is 18.4 Å². The van der Waals surface area contributed by atoms with Gasteiger partial charge in [0.1, 0.15) is 10.1 Å². The summed E-state index contributed by atoms with van der Waals surface area (Å²) in [5.41, 5.74) is 0.725. The molecule has 0 aliphatic carbocycles. The predicted molar refractivity (Wildman–Crippen MR) is 105 cm³/mol. The standard InChI is InChI=1S/C18H21NO5S2/c1-21-13-9-15(23-3)14(22-2)7-11(13)8-16-17(20)19(18(25)26-16)10-12-5-4-6-24-12/h7-9,12H,4-6,10H2,1-3H3/b16-8+/t12-/m1/s1. The summed E-state index contributed by atoms with van der Waals surface area (Å²) in [6.45, 7) is 1.25. The Kier molecular flexibility index (Phi) is 6.05. The number of methoxy groups -OCH3 is 3. The third-order valence-corrected chi connectivity index (χ3v) is 5.68. The molecule has 140 valence electrons.